The maximum Gasteiger partial charge on any atom is 0.241 e. The lowest BCUT2D eigenvalue weighted by molar-refractivity contribution is -0.120. The van der Waals surface area contributed by atoms with Gasteiger partial charge in [-0.3, -0.25) is 9.69 Å². The second-order valence-corrected chi connectivity index (χ2v) is 8.69. The third kappa shape index (κ3) is 4.73. The van der Waals surface area contributed by atoms with Crippen molar-refractivity contribution in [1.82, 2.24) is 4.90 Å². The number of methoxy groups -OCH3 is 1. The van der Waals surface area contributed by atoms with Gasteiger partial charge in [0.15, 0.2) is 0 Å². The first kappa shape index (κ1) is 23.2. The molecule has 6 heteroatoms. The summed E-state index contributed by atoms with van der Waals surface area (Å²) in [6.07, 6.45) is 2.18. The van der Waals surface area contributed by atoms with E-state index in [4.69, 9.17) is 4.74 Å². The molecule has 0 aromatic heterocycles. The lowest BCUT2D eigenvalue weighted by Crippen LogP contribution is -2.55. The van der Waals surface area contributed by atoms with Crippen LogP contribution in [0, 0.1) is 0 Å². The molecule has 0 spiro atoms. The number of anilines is 2. The number of benzene rings is 2. The molecule has 166 valence electrons. The Hall–Kier alpha value is -2.50. The van der Waals surface area contributed by atoms with Crippen molar-refractivity contribution < 1.29 is 9.53 Å². The predicted molar refractivity (Wildman–Crippen MR) is 131 cm³/mol. The molecule has 2 aromatic rings. The number of ether oxygens (including phenoxy) is 1. The highest BCUT2D eigenvalue weighted by atomic mass is 35.5. The largest absolute Gasteiger partial charge is 0.497 e. The molecule has 1 amide bonds. The number of allylic oxidation sites excluding steroid dienone is 1. The van der Waals surface area contributed by atoms with Gasteiger partial charge < -0.3 is 14.5 Å². The van der Waals surface area contributed by atoms with Crippen LogP contribution >= 0.6 is 12.4 Å². The van der Waals surface area contributed by atoms with Gasteiger partial charge in [-0.15, -0.1) is 12.4 Å². The number of carbonyl (C=O) groups is 1. The Morgan fingerprint density at radius 1 is 1.03 bits per heavy atom. The number of nitrogens with zero attached hydrogens (tertiary/aromatic N) is 3. The Labute approximate surface area is 191 Å². The van der Waals surface area contributed by atoms with Gasteiger partial charge in [0, 0.05) is 37.4 Å². The molecule has 0 saturated carbocycles. The summed E-state index contributed by atoms with van der Waals surface area (Å²) in [5.41, 5.74) is 4.09. The molecular weight excluding hydrogens is 410 g/mol. The van der Waals surface area contributed by atoms with Crippen molar-refractivity contribution in [2.24, 2.45) is 0 Å². The molecular formula is C25H32ClN3O2. The highest BCUT2D eigenvalue weighted by Gasteiger charge is 2.36. The van der Waals surface area contributed by atoms with Crippen molar-refractivity contribution >= 4 is 35.3 Å². The molecule has 1 saturated heterocycles. The van der Waals surface area contributed by atoms with Crippen LogP contribution in [0.4, 0.5) is 11.4 Å². The molecule has 5 nitrogen and oxygen atoms in total. The van der Waals surface area contributed by atoms with E-state index in [9.17, 15) is 4.79 Å². The minimum Gasteiger partial charge on any atom is -0.497 e. The summed E-state index contributed by atoms with van der Waals surface area (Å²) in [6.45, 7) is 10.4. The summed E-state index contributed by atoms with van der Waals surface area (Å²) in [6, 6.07) is 16.5. The Bertz CT molecular complexity index is 950. The Morgan fingerprint density at radius 2 is 1.71 bits per heavy atom. The SMILES string of the molecule is COc1ccc2c(c1)C(C)=CC(C)(C)N2C(=O)CN1CCN(c2ccccc2)CC1.Cl. The normalized spacial score (nSPS) is 18.0. The minimum atomic E-state index is -0.366. The van der Waals surface area contributed by atoms with E-state index < -0.39 is 0 Å². The van der Waals surface area contributed by atoms with Gasteiger partial charge in [-0.25, -0.2) is 0 Å². The second-order valence-electron chi connectivity index (χ2n) is 8.69. The average molecular weight is 442 g/mol. The van der Waals surface area contributed by atoms with Gasteiger partial charge in [0.05, 0.1) is 24.9 Å². The summed E-state index contributed by atoms with van der Waals surface area (Å²) in [4.78, 5) is 20.1. The zero-order chi connectivity index (χ0) is 21.3. The molecule has 0 atom stereocenters. The highest BCUT2D eigenvalue weighted by Crippen LogP contribution is 2.40. The van der Waals surface area contributed by atoms with Crippen LogP contribution in [0.25, 0.3) is 5.57 Å². The van der Waals surface area contributed by atoms with E-state index >= 15 is 0 Å². The molecule has 2 aromatic carbocycles. The van der Waals surface area contributed by atoms with Crippen molar-refractivity contribution in [2.75, 3.05) is 49.6 Å². The molecule has 2 aliphatic rings. The van der Waals surface area contributed by atoms with Crippen LogP contribution in [0.1, 0.15) is 26.3 Å². The van der Waals surface area contributed by atoms with Crippen molar-refractivity contribution in [3.8, 4) is 5.75 Å². The van der Waals surface area contributed by atoms with Crippen LogP contribution in [0.15, 0.2) is 54.6 Å². The molecule has 0 N–H and O–H groups in total. The van der Waals surface area contributed by atoms with Crippen molar-refractivity contribution in [1.29, 1.82) is 0 Å². The number of piperazine rings is 1. The Kier molecular flexibility index (Phi) is 6.97. The standard InChI is InChI=1S/C25H31N3O2.ClH/c1-19-17-25(2,3)28(23-11-10-21(30-4)16-22(19)23)24(29)18-26-12-14-27(15-13-26)20-8-6-5-7-9-20;/h5-11,16-17H,12-15,18H2,1-4H3;1H. The highest BCUT2D eigenvalue weighted by molar-refractivity contribution is 6.01. The molecule has 1 fully saturated rings. The smallest absolute Gasteiger partial charge is 0.241 e. The van der Waals surface area contributed by atoms with Crippen molar-refractivity contribution in [3.05, 3.63) is 60.2 Å². The van der Waals surface area contributed by atoms with E-state index in [1.54, 1.807) is 7.11 Å². The van der Waals surface area contributed by atoms with Gasteiger partial charge in [0.1, 0.15) is 5.75 Å². The summed E-state index contributed by atoms with van der Waals surface area (Å²) >= 11 is 0. The predicted octanol–water partition coefficient (Wildman–Crippen LogP) is 4.47. The lowest BCUT2D eigenvalue weighted by atomic mass is 9.88. The van der Waals surface area contributed by atoms with Gasteiger partial charge in [-0.05, 0) is 56.7 Å². The monoisotopic (exact) mass is 441 g/mol. The number of fused-ring (bicyclic) bond motifs is 1. The third-order valence-corrected chi connectivity index (χ3v) is 6.12. The van der Waals surface area contributed by atoms with Crippen molar-refractivity contribution in [2.45, 2.75) is 26.3 Å². The molecule has 0 aliphatic carbocycles. The molecule has 31 heavy (non-hydrogen) atoms. The van der Waals surface area contributed by atoms with E-state index in [2.05, 4.69) is 60.9 Å². The molecule has 4 rings (SSSR count). The first-order valence-corrected chi connectivity index (χ1v) is 10.6. The molecule has 0 unspecified atom stereocenters. The van der Waals surface area contributed by atoms with Crippen molar-refractivity contribution in [3.63, 3.8) is 0 Å². The van der Waals surface area contributed by atoms with Gasteiger partial charge in [0.2, 0.25) is 5.91 Å². The third-order valence-electron chi connectivity index (χ3n) is 6.12. The van der Waals surface area contributed by atoms with Crippen LogP contribution < -0.4 is 14.5 Å². The van der Waals surface area contributed by atoms with Crippen LogP contribution in [-0.4, -0.2) is 56.2 Å². The van der Waals surface area contributed by atoms with Crippen LogP contribution in [-0.2, 0) is 4.79 Å². The average Bonchev–Trinajstić information content (AvgIpc) is 2.74. The number of hydrogen-bond acceptors (Lipinski definition) is 4. The van der Waals surface area contributed by atoms with Crippen LogP contribution in [0.5, 0.6) is 5.75 Å². The summed E-state index contributed by atoms with van der Waals surface area (Å²) < 4.78 is 5.40. The number of halogens is 1. The Morgan fingerprint density at radius 3 is 2.35 bits per heavy atom. The van der Waals surface area contributed by atoms with Crippen LogP contribution in [0.3, 0.4) is 0 Å². The van der Waals surface area contributed by atoms with E-state index in [0.29, 0.717) is 6.54 Å². The summed E-state index contributed by atoms with van der Waals surface area (Å²) in [5.74, 6) is 0.953. The topological polar surface area (TPSA) is 36.0 Å². The molecule has 0 radical (unpaired) electrons. The minimum absolute atomic E-state index is 0. The second kappa shape index (κ2) is 9.33. The molecule has 0 bridgehead atoms. The fourth-order valence-corrected chi connectivity index (χ4v) is 4.66. The number of para-hydroxylation sites is 1. The van der Waals surface area contributed by atoms with Gasteiger partial charge in [0.25, 0.3) is 0 Å². The quantitative estimate of drug-likeness (QED) is 0.701. The fourth-order valence-electron chi connectivity index (χ4n) is 4.66. The Balaban J connectivity index is 0.00000272. The lowest BCUT2D eigenvalue weighted by Gasteiger charge is -2.43. The number of amides is 1. The number of rotatable bonds is 4. The number of carbonyl (C=O) groups excluding carboxylic acids is 1. The summed E-state index contributed by atoms with van der Waals surface area (Å²) in [7, 11) is 1.67. The molecule has 2 aliphatic heterocycles. The van der Waals surface area contributed by atoms with E-state index in [0.717, 1.165) is 43.2 Å². The first-order chi connectivity index (χ1) is 14.4. The zero-order valence-corrected chi connectivity index (χ0v) is 19.6. The maximum absolute atomic E-state index is 13.5. The van der Waals surface area contributed by atoms with E-state index in [1.165, 1.54) is 11.3 Å². The summed E-state index contributed by atoms with van der Waals surface area (Å²) in [5, 5.41) is 0. The zero-order valence-electron chi connectivity index (χ0n) is 18.8. The number of hydrogen-bond donors (Lipinski definition) is 0. The van der Waals surface area contributed by atoms with Gasteiger partial charge >= 0.3 is 0 Å². The van der Waals surface area contributed by atoms with Crippen LogP contribution in [0.2, 0.25) is 0 Å². The fraction of sp³-hybridized carbons (Fsp3) is 0.400. The van der Waals surface area contributed by atoms with E-state index in [1.807, 2.05) is 29.2 Å². The maximum atomic E-state index is 13.5. The van der Waals surface area contributed by atoms with E-state index in [-0.39, 0.29) is 23.9 Å². The molecule has 2 heterocycles. The first-order valence-electron chi connectivity index (χ1n) is 10.6. The van der Waals surface area contributed by atoms with Gasteiger partial charge in [-0.2, -0.15) is 0 Å². The van der Waals surface area contributed by atoms with Gasteiger partial charge in [-0.1, -0.05) is 24.3 Å².